The molecule has 0 aliphatic rings. The lowest BCUT2D eigenvalue weighted by Gasteiger charge is -2.10. The molecule has 0 bridgehead atoms. The van der Waals surface area contributed by atoms with E-state index < -0.39 is 5.92 Å². The van der Waals surface area contributed by atoms with E-state index in [-0.39, 0.29) is 11.7 Å². The van der Waals surface area contributed by atoms with Gasteiger partial charge in [0.25, 0.3) is 0 Å². The Hall–Kier alpha value is -2.15. The van der Waals surface area contributed by atoms with Crippen molar-refractivity contribution in [2.45, 2.75) is 13.8 Å². The number of hydrogen-bond acceptors (Lipinski definition) is 3. The van der Waals surface area contributed by atoms with Crippen LogP contribution in [0.15, 0.2) is 30.6 Å². The van der Waals surface area contributed by atoms with Crippen molar-refractivity contribution in [3.8, 4) is 6.07 Å². The fourth-order valence-electron chi connectivity index (χ4n) is 1.80. The van der Waals surface area contributed by atoms with Gasteiger partial charge in [-0.2, -0.15) is 10.4 Å². The summed E-state index contributed by atoms with van der Waals surface area (Å²) in [6.45, 7) is 3.75. The maximum atomic E-state index is 12.2. The first-order chi connectivity index (χ1) is 8.15. The lowest BCUT2D eigenvalue weighted by atomic mass is 9.90. The molecule has 2 aromatic heterocycles. The van der Waals surface area contributed by atoms with Crippen molar-refractivity contribution in [3.63, 3.8) is 0 Å². The summed E-state index contributed by atoms with van der Waals surface area (Å²) in [5.41, 5.74) is 1.27. The molecule has 4 nitrogen and oxygen atoms in total. The zero-order valence-corrected chi connectivity index (χ0v) is 9.79. The molecule has 0 aliphatic carbocycles. The van der Waals surface area contributed by atoms with Crippen molar-refractivity contribution in [3.05, 3.63) is 36.2 Å². The molecule has 0 spiro atoms. The zero-order valence-electron chi connectivity index (χ0n) is 9.79. The Morgan fingerprint density at radius 3 is 2.88 bits per heavy atom. The normalized spacial score (nSPS) is 12.6. The number of carbonyl (C=O) groups excluding carboxylic acids is 1. The third kappa shape index (κ3) is 1.92. The Morgan fingerprint density at radius 1 is 1.47 bits per heavy atom. The van der Waals surface area contributed by atoms with E-state index in [1.807, 2.05) is 32.0 Å². The van der Waals surface area contributed by atoms with Crippen LogP contribution in [0.25, 0.3) is 5.52 Å². The van der Waals surface area contributed by atoms with Crippen LogP contribution < -0.4 is 0 Å². The summed E-state index contributed by atoms with van der Waals surface area (Å²) < 4.78 is 1.64. The highest BCUT2D eigenvalue weighted by molar-refractivity contribution is 6.04. The van der Waals surface area contributed by atoms with Gasteiger partial charge in [0.15, 0.2) is 5.78 Å². The first kappa shape index (κ1) is 11.3. The van der Waals surface area contributed by atoms with Crippen LogP contribution in [0, 0.1) is 23.2 Å². The Morgan fingerprint density at radius 2 is 2.24 bits per heavy atom. The summed E-state index contributed by atoms with van der Waals surface area (Å²) in [6.07, 6.45) is 3.31. The Kier molecular flexibility index (Phi) is 2.92. The minimum absolute atomic E-state index is 0.00571. The first-order valence-corrected chi connectivity index (χ1v) is 5.51. The van der Waals surface area contributed by atoms with Crippen molar-refractivity contribution >= 4 is 11.3 Å². The third-order valence-electron chi connectivity index (χ3n) is 2.78. The molecule has 1 atom stereocenters. The number of nitriles is 1. The van der Waals surface area contributed by atoms with Crippen molar-refractivity contribution in [1.82, 2.24) is 9.61 Å². The van der Waals surface area contributed by atoms with Crippen molar-refractivity contribution in [2.75, 3.05) is 0 Å². The Bertz CT molecular complexity index is 592. The molecule has 0 aromatic carbocycles. The quantitative estimate of drug-likeness (QED) is 0.756. The summed E-state index contributed by atoms with van der Waals surface area (Å²) in [6, 6.07) is 7.59. The summed E-state index contributed by atoms with van der Waals surface area (Å²) in [5.74, 6) is -0.752. The molecule has 2 aromatic rings. The van der Waals surface area contributed by atoms with Crippen LogP contribution >= 0.6 is 0 Å². The van der Waals surface area contributed by atoms with Crippen LogP contribution in [0.3, 0.4) is 0 Å². The van der Waals surface area contributed by atoms with Crippen molar-refractivity contribution in [2.24, 2.45) is 11.8 Å². The molecule has 0 N–H and O–H groups in total. The van der Waals surface area contributed by atoms with Crippen molar-refractivity contribution < 1.29 is 4.79 Å². The number of carbonyl (C=O) groups is 1. The second kappa shape index (κ2) is 4.38. The van der Waals surface area contributed by atoms with E-state index in [4.69, 9.17) is 5.26 Å². The Balaban J connectivity index is 2.47. The monoisotopic (exact) mass is 227 g/mol. The van der Waals surface area contributed by atoms with Crippen LogP contribution in [0.2, 0.25) is 0 Å². The van der Waals surface area contributed by atoms with E-state index in [9.17, 15) is 4.79 Å². The van der Waals surface area contributed by atoms with Gasteiger partial charge in [0, 0.05) is 6.20 Å². The molecule has 0 amide bonds. The number of aromatic nitrogens is 2. The molecule has 0 aliphatic heterocycles. The van der Waals surface area contributed by atoms with Gasteiger partial charge in [-0.25, -0.2) is 4.52 Å². The average molecular weight is 227 g/mol. The standard InChI is InChI=1S/C13H13N3O/c1-9(2)10(7-14)13(17)11-8-15-16-6-4-3-5-12(11)16/h3-6,8-10H,1-2H3. The van der Waals surface area contributed by atoms with Crippen LogP contribution in [0.5, 0.6) is 0 Å². The number of fused-ring (bicyclic) bond motifs is 1. The second-order valence-corrected chi connectivity index (χ2v) is 4.30. The fraction of sp³-hybridized carbons (Fsp3) is 0.308. The molecule has 2 heterocycles. The van der Waals surface area contributed by atoms with E-state index in [1.54, 1.807) is 10.7 Å². The minimum Gasteiger partial charge on any atom is -0.293 e. The van der Waals surface area contributed by atoms with Crippen LogP contribution in [0.4, 0.5) is 0 Å². The summed E-state index contributed by atoms with van der Waals surface area (Å²) >= 11 is 0. The summed E-state index contributed by atoms with van der Waals surface area (Å²) in [7, 11) is 0. The van der Waals surface area contributed by atoms with E-state index in [1.165, 1.54) is 6.20 Å². The molecule has 1 unspecified atom stereocenters. The predicted molar refractivity (Wildman–Crippen MR) is 63.5 cm³/mol. The van der Waals surface area contributed by atoms with Gasteiger partial charge in [0.1, 0.15) is 5.92 Å². The molecular formula is C13H13N3O. The topological polar surface area (TPSA) is 58.2 Å². The van der Waals surface area contributed by atoms with Gasteiger partial charge >= 0.3 is 0 Å². The number of nitrogens with zero attached hydrogens (tertiary/aromatic N) is 3. The molecule has 0 fully saturated rings. The van der Waals surface area contributed by atoms with Gasteiger partial charge in [0.05, 0.1) is 23.3 Å². The van der Waals surface area contributed by atoms with Crippen LogP contribution in [-0.2, 0) is 0 Å². The number of pyridine rings is 1. The Labute approximate surface area is 99.5 Å². The zero-order chi connectivity index (χ0) is 12.4. The molecular weight excluding hydrogens is 214 g/mol. The van der Waals surface area contributed by atoms with Crippen LogP contribution in [-0.4, -0.2) is 15.4 Å². The van der Waals surface area contributed by atoms with Gasteiger partial charge in [-0.1, -0.05) is 19.9 Å². The molecule has 17 heavy (non-hydrogen) atoms. The maximum absolute atomic E-state index is 12.2. The molecule has 0 radical (unpaired) electrons. The van der Waals surface area contributed by atoms with E-state index in [2.05, 4.69) is 11.2 Å². The number of ketones is 1. The molecule has 4 heteroatoms. The minimum atomic E-state index is -0.608. The first-order valence-electron chi connectivity index (χ1n) is 5.51. The van der Waals surface area contributed by atoms with Crippen molar-refractivity contribution in [1.29, 1.82) is 5.26 Å². The summed E-state index contributed by atoms with van der Waals surface area (Å²) in [5, 5.41) is 13.1. The number of hydrogen-bond donors (Lipinski definition) is 0. The molecule has 86 valence electrons. The van der Waals surface area contributed by atoms with Gasteiger partial charge in [0.2, 0.25) is 0 Å². The lowest BCUT2D eigenvalue weighted by molar-refractivity contribution is 0.0926. The smallest absolute Gasteiger partial charge is 0.184 e. The molecule has 0 saturated heterocycles. The average Bonchev–Trinajstić information content (AvgIpc) is 2.72. The highest BCUT2D eigenvalue weighted by Gasteiger charge is 2.25. The second-order valence-electron chi connectivity index (χ2n) is 4.30. The predicted octanol–water partition coefficient (Wildman–Crippen LogP) is 2.31. The highest BCUT2D eigenvalue weighted by atomic mass is 16.1. The number of rotatable bonds is 3. The van der Waals surface area contributed by atoms with Gasteiger partial charge in [-0.3, -0.25) is 4.79 Å². The van der Waals surface area contributed by atoms with Gasteiger partial charge in [-0.05, 0) is 18.1 Å². The van der Waals surface area contributed by atoms with E-state index >= 15 is 0 Å². The molecule has 0 saturated carbocycles. The summed E-state index contributed by atoms with van der Waals surface area (Å²) in [4.78, 5) is 12.2. The largest absolute Gasteiger partial charge is 0.293 e. The highest BCUT2D eigenvalue weighted by Crippen LogP contribution is 2.19. The van der Waals surface area contributed by atoms with E-state index in [0.29, 0.717) is 5.56 Å². The lowest BCUT2D eigenvalue weighted by Crippen LogP contribution is -2.18. The van der Waals surface area contributed by atoms with Gasteiger partial charge in [-0.15, -0.1) is 0 Å². The van der Waals surface area contributed by atoms with Gasteiger partial charge < -0.3 is 0 Å². The number of Topliss-reactive ketones (excluding diaryl/α,β-unsaturated/α-hetero) is 1. The maximum Gasteiger partial charge on any atom is 0.184 e. The van der Waals surface area contributed by atoms with Crippen LogP contribution in [0.1, 0.15) is 24.2 Å². The SMILES string of the molecule is CC(C)C(C#N)C(=O)c1cnn2ccccc12. The fourth-order valence-corrected chi connectivity index (χ4v) is 1.80. The molecule has 2 rings (SSSR count). The van der Waals surface area contributed by atoms with E-state index in [0.717, 1.165) is 5.52 Å². The third-order valence-corrected chi connectivity index (χ3v) is 2.78.